The summed E-state index contributed by atoms with van der Waals surface area (Å²) in [5, 5.41) is 4.46. The van der Waals surface area contributed by atoms with E-state index in [4.69, 9.17) is 9.72 Å². The fourth-order valence-corrected chi connectivity index (χ4v) is 6.55. The Kier molecular flexibility index (Phi) is 7.88. The number of aromatic nitrogens is 2. The first-order valence-electron chi connectivity index (χ1n) is 11.6. The first kappa shape index (κ1) is 24.0. The smallest absolute Gasteiger partial charge is 0.263 e. The van der Waals surface area contributed by atoms with Gasteiger partial charge in [0.2, 0.25) is 5.91 Å². The molecule has 0 radical (unpaired) electrons. The molecule has 1 aliphatic carbocycles. The molecule has 2 heterocycles. The summed E-state index contributed by atoms with van der Waals surface area (Å²) >= 11 is 2.96. The van der Waals surface area contributed by atoms with Gasteiger partial charge in [0.25, 0.3) is 5.56 Å². The summed E-state index contributed by atoms with van der Waals surface area (Å²) in [6.07, 6.45) is 5.96. The molecule has 0 saturated heterocycles. The Morgan fingerprint density at radius 1 is 1.21 bits per heavy atom. The van der Waals surface area contributed by atoms with Crippen molar-refractivity contribution in [2.45, 2.75) is 64.1 Å². The first-order chi connectivity index (χ1) is 16.1. The van der Waals surface area contributed by atoms with Crippen molar-refractivity contribution < 1.29 is 9.53 Å². The van der Waals surface area contributed by atoms with Gasteiger partial charge < -0.3 is 10.1 Å². The molecule has 2 aromatic heterocycles. The molecule has 0 saturated carbocycles. The van der Waals surface area contributed by atoms with Gasteiger partial charge in [0.15, 0.2) is 5.16 Å². The number of amides is 1. The topological polar surface area (TPSA) is 73.2 Å². The zero-order valence-corrected chi connectivity index (χ0v) is 21.2. The minimum Gasteiger partial charge on any atom is -0.383 e. The van der Waals surface area contributed by atoms with Gasteiger partial charge in [0.1, 0.15) is 4.83 Å². The van der Waals surface area contributed by atoms with E-state index in [9.17, 15) is 9.59 Å². The van der Waals surface area contributed by atoms with E-state index in [-0.39, 0.29) is 17.2 Å². The molecule has 1 N–H and O–H groups in total. The number of methoxy groups -OCH3 is 1. The van der Waals surface area contributed by atoms with Crippen LogP contribution in [0.3, 0.4) is 0 Å². The van der Waals surface area contributed by atoms with Crippen LogP contribution in [0.15, 0.2) is 28.2 Å². The molecule has 1 aromatic carbocycles. The fourth-order valence-electron chi connectivity index (χ4n) is 4.42. The lowest BCUT2D eigenvalue weighted by Crippen LogP contribution is -2.26. The second kappa shape index (κ2) is 10.8. The molecule has 3 aromatic rings. The number of anilines is 1. The van der Waals surface area contributed by atoms with E-state index in [2.05, 4.69) is 31.3 Å². The number of benzene rings is 1. The van der Waals surface area contributed by atoms with Crippen LogP contribution in [0.25, 0.3) is 10.2 Å². The highest BCUT2D eigenvalue weighted by Gasteiger charge is 2.22. The summed E-state index contributed by atoms with van der Waals surface area (Å²) in [7, 11) is 1.63. The first-order valence-corrected chi connectivity index (χ1v) is 13.4. The minimum absolute atomic E-state index is 0.0102. The number of carbonyl (C=O) groups excluding carboxylic acids is 1. The van der Waals surface area contributed by atoms with Crippen molar-refractivity contribution in [3.8, 4) is 0 Å². The molecule has 0 bridgehead atoms. The van der Waals surface area contributed by atoms with Crippen molar-refractivity contribution in [1.82, 2.24) is 9.55 Å². The molecule has 8 heteroatoms. The number of thioether (sulfide) groups is 1. The maximum Gasteiger partial charge on any atom is 0.263 e. The summed E-state index contributed by atoms with van der Waals surface area (Å²) in [5.41, 5.74) is 4.35. The maximum atomic E-state index is 13.5. The van der Waals surface area contributed by atoms with Crippen LogP contribution >= 0.6 is 23.1 Å². The molecular weight excluding hydrogens is 454 g/mol. The number of para-hydroxylation sites is 1. The predicted molar refractivity (Wildman–Crippen MR) is 137 cm³/mol. The second-order valence-corrected chi connectivity index (χ2v) is 10.3. The van der Waals surface area contributed by atoms with Crippen LogP contribution in [0.4, 0.5) is 5.69 Å². The van der Waals surface area contributed by atoms with Gasteiger partial charge in [-0.1, -0.05) is 43.8 Å². The van der Waals surface area contributed by atoms with Crippen LogP contribution in [0.2, 0.25) is 0 Å². The number of hydrogen-bond donors (Lipinski definition) is 1. The van der Waals surface area contributed by atoms with E-state index in [1.165, 1.54) is 28.6 Å². The normalized spacial score (nSPS) is 13.3. The largest absolute Gasteiger partial charge is 0.383 e. The highest BCUT2D eigenvalue weighted by atomic mass is 32.2. The average Bonchev–Trinajstić information content (AvgIpc) is 3.21. The number of fused-ring (bicyclic) bond motifs is 3. The maximum absolute atomic E-state index is 13.5. The Bertz CT molecular complexity index is 1190. The summed E-state index contributed by atoms with van der Waals surface area (Å²) < 4.78 is 6.93. The van der Waals surface area contributed by atoms with Gasteiger partial charge in [0, 0.05) is 17.7 Å². The highest BCUT2D eigenvalue weighted by Crippen LogP contribution is 2.34. The molecule has 33 heavy (non-hydrogen) atoms. The molecule has 4 rings (SSSR count). The van der Waals surface area contributed by atoms with Crippen molar-refractivity contribution in [3.63, 3.8) is 0 Å². The van der Waals surface area contributed by atoms with Gasteiger partial charge >= 0.3 is 0 Å². The van der Waals surface area contributed by atoms with Crippen LogP contribution in [-0.2, 0) is 41.8 Å². The Morgan fingerprint density at radius 3 is 2.64 bits per heavy atom. The van der Waals surface area contributed by atoms with Crippen LogP contribution in [0, 0.1) is 0 Å². The molecule has 1 aliphatic rings. The molecule has 0 fully saturated rings. The molecule has 0 spiro atoms. The zero-order chi connectivity index (χ0) is 23.4. The van der Waals surface area contributed by atoms with Crippen LogP contribution in [0.1, 0.15) is 48.3 Å². The highest BCUT2D eigenvalue weighted by molar-refractivity contribution is 7.99. The van der Waals surface area contributed by atoms with Crippen LogP contribution in [-0.4, -0.2) is 34.9 Å². The zero-order valence-electron chi connectivity index (χ0n) is 19.5. The Balaban J connectivity index is 1.60. The lowest BCUT2D eigenvalue weighted by atomic mass is 9.97. The second-order valence-electron chi connectivity index (χ2n) is 8.23. The molecule has 176 valence electrons. The van der Waals surface area contributed by atoms with Gasteiger partial charge in [-0.3, -0.25) is 14.2 Å². The van der Waals surface area contributed by atoms with E-state index in [1.807, 2.05) is 6.07 Å². The van der Waals surface area contributed by atoms with E-state index in [1.54, 1.807) is 23.0 Å². The van der Waals surface area contributed by atoms with Crippen molar-refractivity contribution in [3.05, 3.63) is 50.1 Å². The third kappa shape index (κ3) is 5.03. The van der Waals surface area contributed by atoms with E-state index in [0.717, 1.165) is 59.1 Å². The number of thiophene rings is 1. The Labute approximate surface area is 202 Å². The summed E-state index contributed by atoms with van der Waals surface area (Å²) in [5.74, 6) is 0.103. The van der Waals surface area contributed by atoms with Crippen molar-refractivity contribution in [2.24, 2.45) is 0 Å². The molecule has 0 atom stereocenters. The van der Waals surface area contributed by atoms with Gasteiger partial charge in [-0.25, -0.2) is 4.98 Å². The number of ether oxygens (including phenoxy) is 1. The number of aryl methyl sites for hydroxylation is 4. The number of hydrogen-bond acceptors (Lipinski definition) is 6. The lowest BCUT2D eigenvalue weighted by Gasteiger charge is -2.15. The van der Waals surface area contributed by atoms with Gasteiger partial charge in [-0.15, -0.1) is 11.3 Å². The molecule has 0 aliphatic heterocycles. The van der Waals surface area contributed by atoms with Gasteiger partial charge in [-0.2, -0.15) is 0 Å². The van der Waals surface area contributed by atoms with Crippen molar-refractivity contribution >= 4 is 44.9 Å². The summed E-state index contributed by atoms with van der Waals surface area (Å²) in [4.78, 5) is 33.3. The quantitative estimate of drug-likeness (QED) is 0.347. The molecule has 0 unspecified atom stereocenters. The molecule has 6 nitrogen and oxygen atoms in total. The van der Waals surface area contributed by atoms with Crippen LogP contribution in [0.5, 0.6) is 0 Å². The average molecular weight is 486 g/mol. The summed E-state index contributed by atoms with van der Waals surface area (Å²) in [6.45, 7) is 5.02. The standard InChI is InChI=1S/C25H31N3O3S2/c1-4-16-9-8-10-17(5-2)22(16)26-20(29)15-32-25-27-23-21(24(30)28(25)13-14-31-3)18-11-6-7-12-19(18)33-23/h8-10H,4-7,11-15H2,1-3H3,(H,26,29). The van der Waals surface area contributed by atoms with E-state index < -0.39 is 0 Å². The third-order valence-corrected chi connectivity index (χ3v) is 8.32. The van der Waals surface area contributed by atoms with Crippen LogP contribution < -0.4 is 10.9 Å². The Morgan fingerprint density at radius 2 is 1.94 bits per heavy atom. The summed E-state index contributed by atoms with van der Waals surface area (Å²) in [6, 6.07) is 6.15. The fraction of sp³-hybridized carbons (Fsp3) is 0.480. The third-order valence-electron chi connectivity index (χ3n) is 6.15. The number of nitrogens with one attached hydrogen (secondary N) is 1. The predicted octanol–water partition coefficient (Wildman–Crippen LogP) is 4.84. The SMILES string of the molecule is CCc1cccc(CC)c1NC(=O)CSc1nc2sc3c(c2c(=O)n1CCOC)CCCC3. The molecule has 1 amide bonds. The minimum atomic E-state index is -0.0892. The van der Waals surface area contributed by atoms with Crippen molar-refractivity contribution in [1.29, 1.82) is 0 Å². The van der Waals surface area contributed by atoms with E-state index in [0.29, 0.717) is 18.3 Å². The van der Waals surface area contributed by atoms with Gasteiger partial charge in [0.05, 0.1) is 24.3 Å². The lowest BCUT2D eigenvalue weighted by molar-refractivity contribution is -0.113. The van der Waals surface area contributed by atoms with Crippen molar-refractivity contribution in [2.75, 3.05) is 24.8 Å². The molecular formula is C25H31N3O3S2. The number of carbonyl (C=O) groups is 1. The van der Waals surface area contributed by atoms with Gasteiger partial charge in [-0.05, 0) is 55.2 Å². The van der Waals surface area contributed by atoms with E-state index >= 15 is 0 Å². The number of nitrogens with zero attached hydrogens (tertiary/aromatic N) is 2. The Hall–Kier alpha value is -2.16. The number of rotatable bonds is 9. The monoisotopic (exact) mass is 485 g/mol.